The second-order valence-corrected chi connectivity index (χ2v) is 4.87. The highest BCUT2D eigenvalue weighted by atomic mass is 16.5. The molecule has 1 aromatic carbocycles. The van der Waals surface area contributed by atoms with Crippen molar-refractivity contribution in [3.63, 3.8) is 0 Å². The Morgan fingerprint density at radius 2 is 2.16 bits per heavy atom. The van der Waals surface area contributed by atoms with Gasteiger partial charge in [-0.3, -0.25) is 0 Å². The molecular formula is C15H23NO3. The summed E-state index contributed by atoms with van der Waals surface area (Å²) >= 11 is 0. The monoisotopic (exact) mass is 265 g/mol. The van der Waals surface area contributed by atoms with Gasteiger partial charge in [0, 0.05) is 19.7 Å². The lowest BCUT2D eigenvalue weighted by Gasteiger charge is -2.18. The average molecular weight is 265 g/mol. The molecule has 4 nitrogen and oxygen atoms in total. The number of benzene rings is 1. The number of ether oxygens (including phenoxy) is 3. The molecule has 2 unspecified atom stereocenters. The summed E-state index contributed by atoms with van der Waals surface area (Å²) in [5, 5.41) is 3.39. The van der Waals surface area contributed by atoms with Gasteiger partial charge in [0.1, 0.15) is 6.10 Å². The predicted octanol–water partition coefficient (Wildman–Crippen LogP) is 2.23. The zero-order valence-corrected chi connectivity index (χ0v) is 11.7. The van der Waals surface area contributed by atoms with E-state index in [-0.39, 0.29) is 6.10 Å². The number of hydrogen-bond acceptors (Lipinski definition) is 4. The topological polar surface area (TPSA) is 39.7 Å². The van der Waals surface area contributed by atoms with E-state index < -0.39 is 0 Å². The van der Waals surface area contributed by atoms with Gasteiger partial charge in [-0.2, -0.15) is 0 Å². The minimum Gasteiger partial charge on any atom is -0.493 e. The molecule has 0 spiro atoms. The molecular weight excluding hydrogens is 242 g/mol. The molecule has 1 N–H and O–H groups in total. The van der Waals surface area contributed by atoms with Crippen molar-refractivity contribution in [3.05, 3.63) is 24.3 Å². The third kappa shape index (κ3) is 4.40. The maximum Gasteiger partial charge on any atom is 0.161 e. The van der Waals surface area contributed by atoms with E-state index in [9.17, 15) is 0 Å². The van der Waals surface area contributed by atoms with Gasteiger partial charge in [-0.15, -0.1) is 0 Å². The molecule has 0 saturated carbocycles. The van der Waals surface area contributed by atoms with Crippen LogP contribution in [0.15, 0.2) is 24.3 Å². The summed E-state index contributed by atoms with van der Waals surface area (Å²) in [6.07, 6.45) is 2.81. The van der Waals surface area contributed by atoms with Gasteiger partial charge < -0.3 is 19.5 Å². The van der Waals surface area contributed by atoms with Gasteiger partial charge in [-0.25, -0.2) is 0 Å². The zero-order valence-electron chi connectivity index (χ0n) is 11.7. The van der Waals surface area contributed by atoms with Crippen molar-refractivity contribution < 1.29 is 14.2 Å². The summed E-state index contributed by atoms with van der Waals surface area (Å²) in [5.74, 6) is 1.56. The minimum atomic E-state index is 0.0951. The Labute approximate surface area is 115 Å². The van der Waals surface area contributed by atoms with Crippen molar-refractivity contribution in [2.24, 2.45) is 0 Å². The van der Waals surface area contributed by atoms with Crippen LogP contribution in [0.2, 0.25) is 0 Å². The lowest BCUT2D eigenvalue weighted by Crippen LogP contribution is -2.34. The first-order valence-corrected chi connectivity index (χ1v) is 6.91. The van der Waals surface area contributed by atoms with Crippen molar-refractivity contribution in [2.75, 3.05) is 26.8 Å². The molecule has 1 aliphatic rings. The Balaban J connectivity index is 1.72. The fraction of sp³-hybridized carbons (Fsp3) is 0.600. The van der Waals surface area contributed by atoms with Crippen LogP contribution in [0, 0.1) is 0 Å². The summed E-state index contributed by atoms with van der Waals surface area (Å²) in [6.45, 7) is 4.66. The first kappa shape index (κ1) is 14.2. The summed E-state index contributed by atoms with van der Waals surface area (Å²) in [5.41, 5.74) is 0. The molecule has 0 radical (unpaired) electrons. The van der Waals surface area contributed by atoms with E-state index in [0.717, 1.165) is 37.6 Å². The van der Waals surface area contributed by atoms with E-state index in [1.807, 2.05) is 24.3 Å². The van der Waals surface area contributed by atoms with Gasteiger partial charge >= 0.3 is 0 Å². The molecule has 1 aliphatic heterocycles. The Kier molecular flexibility index (Phi) is 5.48. The van der Waals surface area contributed by atoms with Gasteiger partial charge in [0.25, 0.3) is 0 Å². The average Bonchev–Trinajstić information content (AvgIpc) is 2.92. The van der Waals surface area contributed by atoms with Crippen molar-refractivity contribution in [3.8, 4) is 11.5 Å². The van der Waals surface area contributed by atoms with Gasteiger partial charge in [0.05, 0.1) is 13.2 Å². The van der Waals surface area contributed by atoms with E-state index in [0.29, 0.717) is 6.10 Å². The van der Waals surface area contributed by atoms with E-state index >= 15 is 0 Å². The molecule has 0 amide bonds. The Morgan fingerprint density at radius 1 is 1.37 bits per heavy atom. The first-order valence-electron chi connectivity index (χ1n) is 6.91. The molecule has 1 aromatic rings. The van der Waals surface area contributed by atoms with Crippen molar-refractivity contribution in [2.45, 2.75) is 32.0 Å². The highest BCUT2D eigenvalue weighted by Gasteiger charge is 2.15. The molecule has 1 fully saturated rings. The molecule has 0 aromatic heterocycles. The second kappa shape index (κ2) is 7.36. The number of rotatable bonds is 7. The molecule has 2 rings (SSSR count). The molecule has 0 aliphatic carbocycles. The van der Waals surface area contributed by atoms with Crippen molar-refractivity contribution in [1.82, 2.24) is 5.32 Å². The molecule has 1 saturated heterocycles. The largest absolute Gasteiger partial charge is 0.493 e. The van der Waals surface area contributed by atoms with Gasteiger partial charge in [-0.1, -0.05) is 12.1 Å². The van der Waals surface area contributed by atoms with Crippen molar-refractivity contribution >= 4 is 0 Å². The summed E-state index contributed by atoms with van der Waals surface area (Å²) in [4.78, 5) is 0. The molecule has 19 heavy (non-hydrogen) atoms. The summed E-state index contributed by atoms with van der Waals surface area (Å²) in [7, 11) is 1.66. The van der Waals surface area contributed by atoms with E-state index in [1.54, 1.807) is 7.11 Å². The summed E-state index contributed by atoms with van der Waals surface area (Å²) < 4.78 is 16.7. The van der Waals surface area contributed by atoms with E-state index in [4.69, 9.17) is 14.2 Å². The number of methoxy groups -OCH3 is 1. The van der Waals surface area contributed by atoms with Crippen molar-refractivity contribution in [1.29, 1.82) is 0 Å². The first-order chi connectivity index (χ1) is 9.29. The quantitative estimate of drug-likeness (QED) is 0.820. The SMILES string of the molecule is COc1ccccc1OC(C)CNCC1CCCO1. The smallest absolute Gasteiger partial charge is 0.161 e. The van der Waals surface area contributed by atoms with Crippen LogP contribution in [0.3, 0.4) is 0 Å². The van der Waals surface area contributed by atoms with Gasteiger partial charge in [0.2, 0.25) is 0 Å². The van der Waals surface area contributed by atoms with Crippen LogP contribution in [-0.2, 0) is 4.74 Å². The lowest BCUT2D eigenvalue weighted by atomic mass is 10.2. The predicted molar refractivity (Wildman–Crippen MR) is 74.9 cm³/mol. The second-order valence-electron chi connectivity index (χ2n) is 4.87. The molecule has 0 bridgehead atoms. The molecule has 1 heterocycles. The van der Waals surface area contributed by atoms with Crippen LogP contribution in [0.1, 0.15) is 19.8 Å². The zero-order chi connectivity index (χ0) is 13.5. The van der Waals surface area contributed by atoms with Crippen LogP contribution in [-0.4, -0.2) is 39.0 Å². The third-order valence-electron chi connectivity index (χ3n) is 3.23. The highest BCUT2D eigenvalue weighted by molar-refractivity contribution is 5.39. The Hall–Kier alpha value is -1.26. The Morgan fingerprint density at radius 3 is 2.84 bits per heavy atom. The van der Waals surface area contributed by atoms with Crippen LogP contribution in [0.4, 0.5) is 0 Å². The van der Waals surface area contributed by atoms with Crippen LogP contribution >= 0.6 is 0 Å². The maximum absolute atomic E-state index is 5.87. The van der Waals surface area contributed by atoms with E-state index in [2.05, 4.69) is 12.2 Å². The van der Waals surface area contributed by atoms with Gasteiger partial charge in [0.15, 0.2) is 11.5 Å². The third-order valence-corrected chi connectivity index (χ3v) is 3.23. The number of hydrogen-bond donors (Lipinski definition) is 1. The fourth-order valence-electron chi connectivity index (χ4n) is 2.23. The fourth-order valence-corrected chi connectivity index (χ4v) is 2.23. The van der Waals surface area contributed by atoms with Crippen LogP contribution < -0.4 is 14.8 Å². The molecule has 106 valence electrons. The maximum atomic E-state index is 5.87. The van der Waals surface area contributed by atoms with Gasteiger partial charge in [-0.05, 0) is 31.9 Å². The minimum absolute atomic E-state index is 0.0951. The molecule has 2 atom stereocenters. The number of nitrogens with one attached hydrogen (secondary N) is 1. The lowest BCUT2D eigenvalue weighted by molar-refractivity contribution is 0.106. The Bertz CT molecular complexity index is 377. The molecule has 4 heteroatoms. The highest BCUT2D eigenvalue weighted by Crippen LogP contribution is 2.26. The number of para-hydroxylation sites is 2. The summed E-state index contributed by atoms with van der Waals surface area (Å²) in [6, 6.07) is 7.72. The normalized spacial score (nSPS) is 20.2. The van der Waals surface area contributed by atoms with E-state index in [1.165, 1.54) is 6.42 Å². The van der Waals surface area contributed by atoms with Crippen LogP contribution in [0.25, 0.3) is 0 Å². The standard InChI is InChI=1S/C15H23NO3/c1-12(10-16-11-13-6-5-9-18-13)19-15-8-4-3-7-14(15)17-2/h3-4,7-8,12-13,16H,5-6,9-11H2,1-2H3. The van der Waals surface area contributed by atoms with Crippen LogP contribution in [0.5, 0.6) is 11.5 Å².